The molecule has 4 heteroatoms. The van der Waals surface area contributed by atoms with Gasteiger partial charge in [-0.15, -0.1) is 0 Å². The van der Waals surface area contributed by atoms with E-state index >= 15 is 0 Å². The van der Waals surface area contributed by atoms with E-state index in [2.05, 4.69) is 31.5 Å². The molecule has 2 N–H and O–H groups in total. The third kappa shape index (κ3) is 7.58. The van der Waals surface area contributed by atoms with Crippen LogP contribution in [0.2, 0.25) is 0 Å². The van der Waals surface area contributed by atoms with E-state index < -0.39 is 0 Å². The summed E-state index contributed by atoms with van der Waals surface area (Å²) in [5.74, 6) is 0.913. The Morgan fingerprint density at radius 3 is 2.26 bits per heavy atom. The van der Waals surface area contributed by atoms with Crippen LogP contribution in [0.4, 0.5) is 0 Å². The molecule has 1 heterocycles. The zero-order valence-electron chi connectivity index (χ0n) is 15.1. The molecule has 130 valence electrons. The average molecular weight is 319 g/mol. The van der Waals surface area contributed by atoms with Gasteiger partial charge in [-0.25, -0.2) is 0 Å². The van der Waals surface area contributed by atoms with Crippen molar-refractivity contribution in [3.8, 4) is 0 Å². The normalized spacial score (nSPS) is 18.3. The lowest BCUT2D eigenvalue weighted by Gasteiger charge is -2.24. The lowest BCUT2D eigenvalue weighted by atomic mass is 9.92. The van der Waals surface area contributed by atoms with Gasteiger partial charge in [-0.1, -0.05) is 52.9 Å². The molecule has 23 heavy (non-hydrogen) atoms. The van der Waals surface area contributed by atoms with E-state index in [9.17, 15) is 0 Å². The highest BCUT2D eigenvalue weighted by atomic mass is 15.5. The van der Waals surface area contributed by atoms with Crippen LogP contribution in [0.25, 0.3) is 0 Å². The first-order valence-electron chi connectivity index (χ1n) is 9.24. The van der Waals surface area contributed by atoms with Crippen LogP contribution in [-0.4, -0.2) is 23.2 Å². The highest BCUT2D eigenvalue weighted by molar-refractivity contribution is 5.87. The first-order valence-corrected chi connectivity index (χ1v) is 9.24. The SMILES string of the molecule is CC(C)(C)CCN=C(NC1CCCCCCC1)Nn1cccc1. The summed E-state index contributed by atoms with van der Waals surface area (Å²) < 4.78 is 1.96. The molecule has 1 aromatic rings. The highest BCUT2D eigenvalue weighted by Gasteiger charge is 2.14. The maximum Gasteiger partial charge on any atom is 0.211 e. The molecular formula is C19H34N4. The smallest absolute Gasteiger partial charge is 0.211 e. The van der Waals surface area contributed by atoms with Crippen molar-refractivity contribution >= 4 is 5.96 Å². The largest absolute Gasteiger partial charge is 0.352 e. The molecule has 1 aromatic heterocycles. The molecule has 1 aliphatic carbocycles. The van der Waals surface area contributed by atoms with Gasteiger partial charge in [0.25, 0.3) is 0 Å². The number of nitrogens with zero attached hydrogens (tertiary/aromatic N) is 2. The lowest BCUT2D eigenvalue weighted by molar-refractivity contribution is 0.384. The second-order valence-corrected chi connectivity index (χ2v) is 7.93. The van der Waals surface area contributed by atoms with Crippen LogP contribution in [0.15, 0.2) is 29.5 Å². The van der Waals surface area contributed by atoms with Crippen molar-refractivity contribution in [2.75, 3.05) is 12.0 Å². The number of guanidine groups is 1. The minimum absolute atomic E-state index is 0.322. The second-order valence-electron chi connectivity index (χ2n) is 7.93. The van der Waals surface area contributed by atoms with E-state index in [1.54, 1.807) is 0 Å². The van der Waals surface area contributed by atoms with Gasteiger partial charge in [0.05, 0.1) is 0 Å². The number of hydrogen-bond donors (Lipinski definition) is 2. The Labute approximate surface area is 141 Å². The van der Waals surface area contributed by atoms with Crippen LogP contribution in [-0.2, 0) is 0 Å². The Morgan fingerprint density at radius 1 is 1.04 bits per heavy atom. The zero-order chi connectivity index (χ0) is 16.5. The molecule has 0 bridgehead atoms. The molecule has 1 fully saturated rings. The number of hydrogen-bond acceptors (Lipinski definition) is 1. The van der Waals surface area contributed by atoms with Crippen LogP contribution >= 0.6 is 0 Å². The third-order valence-corrected chi connectivity index (χ3v) is 4.42. The summed E-state index contributed by atoms with van der Waals surface area (Å²) in [6.45, 7) is 7.66. The fourth-order valence-corrected chi connectivity index (χ4v) is 2.94. The fraction of sp³-hybridized carbons (Fsp3) is 0.737. The van der Waals surface area contributed by atoms with Crippen molar-refractivity contribution < 1.29 is 0 Å². The molecule has 1 saturated carbocycles. The van der Waals surface area contributed by atoms with Gasteiger partial charge in [-0.05, 0) is 36.8 Å². The summed E-state index contributed by atoms with van der Waals surface area (Å²) in [6, 6.07) is 4.59. The summed E-state index contributed by atoms with van der Waals surface area (Å²) in [6.07, 6.45) is 14.4. The average Bonchev–Trinajstić information content (AvgIpc) is 2.93. The van der Waals surface area contributed by atoms with E-state index in [1.807, 2.05) is 29.2 Å². The Morgan fingerprint density at radius 2 is 1.65 bits per heavy atom. The molecule has 0 amide bonds. The van der Waals surface area contributed by atoms with Crippen molar-refractivity contribution in [3.63, 3.8) is 0 Å². The van der Waals surface area contributed by atoms with Gasteiger partial charge in [0.1, 0.15) is 0 Å². The minimum Gasteiger partial charge on any atom is -0.352 e. The molecule has 0 atom stereocenters. The quantitative estimate of drug-likeness (QED) is 0.633. The second kappa shape index (κ2) is 8.99. The zero-order valence-corrected chi connectivity index (χ0v) is 15.1. The van der Waals surface area contributed by atoms with Crippen molar-refractivity contribution in [3.05, 3.63) is 24.5 Å². The van der Waals surface area contributed by atoms with Crippen LogP contribution in [0.3, 0.4) is 0 Å². The predicted octanol–water partition coefficient (Wildman–Crippen LogP) is 4.53. The minimum atomic E-state index is 0.322. The summed E-state index contributed by atoms with van der Waals surface area (Å²) >= 11 is 0. The Kier molecular flexibility index (Phi) is 7.00. The molecule has 0 saturated heterocycles. The summed E-state index contributed by atoms with van der Waals surface area (Å²) in [7, 11) is 0. The van der Waals surface area contributed by atoms with Crippen LogP contribution in [0.1, 0.15) is 72.1 Å². The number of nitrogens with one attached hydrogen (secondary N) is 2. The summed E-state index contributed by atoms with van der Waals surface area (Å²) in [5, 5.41) is 3.67. The summed E-state index contributed by atoms with van der Waals surface area (Å²) in [5.41, 5.74) is 3.71. The van der Waals surface area contributed by atoms with Gasteiger partial charge >= 0.3 is 0 Å². The lowest BCUT2D eigenvalue weighted by Crippen LogP contribution is -2.42. The van der Waals surface area contributed by atoms with Crippen molar-refractivity contribution in [2.24, 2.45) is 10.4 Å². The number of aromatic nitrogens is 1. The van der Waals surface area contributed by atoms with Gasteiger partial charge in [0, 0.05) is 25.0 Å². The molecule has 2 rings (SSSR count). The molecule has 4 nitrogen and oxygen atoms in total. The highest BCUT2D eigenvalue weighted by Crippen LogP contribution is 2.18. The monoisotopic (exact) mass is 318 g/mol. The van der Waals surface area contributed by atoms with E-state index in [0.717, 1.165) is 18.9 Å². The molecule has 0 aromatic carbocycles. The maximum atomic E-state index is 4.81. The molecule has 0 spiro atoms. The van der Waals surface area contributed by atoms with Gasteiger partial charge in [0.2, 0.25) is 5.96 Å². The van der Waals surface area contributed by atoms with Gasteiger partial charge in [-0.2, -0.15) is 0 Å². The van der Waals surface area contributed by atoms with E-state index in [-0.39, 0.29) is 0 Å². The maximum absolute atomic E-state index is 4.81. The molecule has 0 radical (unpaired) electrons. The van der Waals surface area contributed by atoms with E-state index in [1.165, 1.54) is 44.9 Å². The fourth-order valence-electron chi connectivity index (χ4n) is 2.94. The number of rotatable bonds is 4. The first-order chi connectivity index (χ1) is 11.0. The number of aliphatic imine (C=N–C) groups is 1. The third-order valence-electron chi connectivity index (χ3n) is 4.42. The van der Waals surface area contributed by atoms with Crippen molar-refractivity contribution in [1.82, 2.24) is 9.99 Å². The van der Waals surface area contributed by atoms with E-state index in [4.69, 9.17) is 4.99 Å². The van der Waals surface area contributed by atoms with Crippen LogP contribution < -0.4 is 10.7 Å². The molecule has 0 aliphatic heterocycles. The summed E-state index contributed by atoms with van der Waals surface area (Å²) in [4.78, 5) is 4.81. The van der Waals surface area contributed by atoms with E-state index in [0.29, 0.717) is 11.5 Å². The van der Waals surface area contributed by atoms with Crippen molar-refractivity contribution in [1.29, 1.82) is 0 Å². The van der Waals surface area contributed by atoms with Crippen LogP contribution in [0.5, 0.6) is 0 Å². The topological polar surface area (TPSA) is 41.4 Å². The van der Waals surface area contributed by atoms with Gasteiger partial charge < -0.3 is 5.32 Å². The Bertz CT molecular complexity index is 448. The first kappa shape index (κ1) is 17.9. The Hall–Kier alpha value is -1.45. The van der Waals surface area contributed by atoms with Gasteiger partial charge in [0.15, 0.2) is 0 Å². The predicted molar refractivity (Wildman–Crippen MR) is 99.4 cm³/mol. The molecular weight excluding hydrogens is 284 g/mol. The standard InChI is InChI=1S/C19H34N4/c1-19(2,3)13-14-20-18(22-23-15-9-10-16-23)21-17-11-7-5-4-6-8-12-17/h9-10,15-17H,4-8,11-14H2,1-3H3,(H2,20,21,22). The van der Waals surface area contributed by atoms with Gasteiger partial charge in [-0.3, -0.25) is 15.1 Å². The van der Waals surface area contributed by atoms with Crippen LogP contribution in [0, 0.1) is 5.41 Å². The molecule has 0 unspecified atom stereocenters. The molecule has 1 aliphatic rings. The Balaban J connectivity index is 1.95. The van der Waals surface area contributed by atoms with Crippen molar-refractivity contribution in [2.45, 2.75) is 78.2 Å².